The van der Waals surface area contributed by atoms with Crippen LogP contribution in [0.3, 0.4) is 0 Å². The molecule has 1 aromatic rings. The number of amides is 2. The quantitative estimate of drug-likeness (QED) is 0.619. The molecule has 0 unspecified atom stereocenters. The van der Waals surface area contributed by atoms with Crippen molar-refractivity contribution < 1.29 is 4.79 Å². The number of benzene rings is 1. The zero-order valence-corrected chi connectivity index (χ0v) is 17.0. The highest BCUT2D eigenvalue weighted by atomic mass is 16.2. The second-order valence-electron chi connectivity index (χ2n) is 8.60. The minimum Gasteiger partial charge on any atom is -0.352 e. The van der Waals surface area contributed by atoms with Crippen LogP contribution in [0.5, 0.6) is 0 Å². The summed E-state index contributed by atoms with van der Waals surface area (Å²) < 4.78 is 0. The van der Waals surface area contributed by atoms with Crippen molar-refractivity contribution in [2.24, 2.45) is 10.4 Å². The van der Waals surface area contributed by atoms with Crippen molar-refractivity contribution >= 4 is 17.7 Å². The van der Waals surface area contributed by atoms with Gasteiger partial charge in [-0.1, -0.05) is 25.0 Å². The lowest BCUT2D eigenvalue weighted by molar-refractivity contribution is 0.222. The van der Waals surface area contributed by atoms with E-state index in [1.54, 1.807) is 0 Å². The number of aliphatic imine (C=N–C) groups is 1. The number of rotatable bonds is 3. The smallest absolute Gasteiger partial charge is 0.321 e. The number of nitrogens with zero attached hydrogens (tertiary/aromatic N) is 3. The van der Waals surface area contributed by atoms with E-state index in [9.17, 15) is 4.79 Å². The summed E-state index contributed by atoms with van der Waals surface area (Å²) in [6, 6.07) is 8.11. The fourth-order valence-corrected chi connectivity index (χ4v) is 5.04. The predicted molar refractivity (Wildman–Crippen MR) is 114 cm³/mol. The number of guanidine groups is 1. The molecule has 0 radical (unpaired) electrons. The normalized spacial score (nSPS) is 21.5. The molecule has 0 atom stereocenters. The van der Waals surface area contributed by atoms with Gasteiger partial charge in [0.1, 0.15) is 0 Å². The van der Waals surface area contributed by atoms with Crippen LogP contribution >= 0.6 is 0 Å². The van der Waals surface area contributed by atoms with Crippen LogP contribution in [0.2, 0.25) is 0 Å². The fourth-order valence-electron chi connectivity index (χ4n) is 5.04. The van der Waals surface area contributed by atoms with Crippen molar-refractivity contribution in [1.29, 1.82) is 0 Å². The first kappa shape index (κ1) is 19.1. The topological polar surface area (TPSA) is 60.0 Å². The van der Waals surface area contributed by atoms with Crippen molar-refractivity contribution in [3.05, 3.63) is 29.8 Å². The van der Waals surface area contributed by atoms with Gasteiger partial charge in [0.2, 0.25) is 0 Å². The monoisotopic (exact) mass is 383 g/mol. The van der Waals surface area contributed by atoms with Crippen LogP contribution in [-0.4, -0.2) is 55.0 Å². The van der Waals surface area contributed by atoms with Crippen LogP contribution in [0.1, 0.15) is 50.5 Å². The van der Waals surface area contributed by atoms with E-state index in [1.807, 2.05) is 24.1 Å². The summed E-state index contributed by atoms with van der Waals surface area (Å²) in [5.74, 6) is 0.996. The van der Waals surface area contributed by atoms with Crippen LogP contribution in [0.25, 0.3) is 0 Å². The van der Waals surface area contributed by atoms with Gasteiger partial charge in [0.25, 0.3) is 0 Å². The molecule has 28 heavy (non-hydrogen) atoms. The number of urea groups is 1. The third-order valence-electron chi connectivity index (χ3n) is 6.64. The standard InChI is InChI=1S/C22H33N5O/c1-23-20(27-14-11-22(17-27)9-2-3-10-22)24-16-18-7-6-8-19(15-18)25-21(28)26-12-4-5-13-26/h6-8,15H,2-5,9-14,16-17H2,1H3,(H,23,24)(H,25,28). The summed E-state index contributed by atoms with van der Waals surface area (Å²) in [6.07, 6.45) is 9.03. The maximum atomic E-state index is 12.3. The Kier molecular flexibility index (Phi) is 5.74. The van der Waals surface area contributed by atoms with E-state index >= 15 is 0 Å². The molecule has 2 aliphatic heterocycles. The Morgan fingerprint density at radius 3 is 2.61 bits per heavy atom. The molecule has 1 saturated carbocycles. The Balaban J connectivity index is 1.32. The van der Waals surface area contributed by atoms with Crippen molar-refractivity contribution in [1.82, 2.24) is 15.1 Å². The molecule has 1 spiro atoms. The third kappa shape index (κ3) is 4.26. The van der Waals surface area contributed by atoms with Crippen molar-refractivity contribution in [3.8, 4) is 0 Å². The largest absolute Gasteiger partial charge is 0.352 e. The molecular formula is C22H33N5O. The van der Waals surface area contributed by atoms with Gasteiger partial charge in [-0.05, 0) is 55.2 Å². The zero-order chi connectivity index (χ0) is 19.4. The number of carbonyl (C=O) groups excluding carboxylic acids is 1. The summed E-state index contributed by atoms with van der Waals surface area (Å²) >= 11 is 0. The number of likely N-dealkylation sites (tertiary alicyclic amines) is 2. The molecule has 6 heteroatoms. The van der Waals surface area contributed by atoms with Gasteiger partial charge in [-0.2, -0.15) is 0 Å². The highest BCUT2D eigenvalue weighted by Gasteiger charge is 2.41. The summed E-state index contributed by atoms with van der Waals surface area (Å²) in [7, 11) is 1.87. The van der Waals surface area contributed by atoms with Crippen molar-refractivity contribution in [3.63, 3.8) is 0 Å². The predicted octanol–water partition coefficient (Wildman–Crippen LogP) is 3.66. The molecule has 3 fully saturated rings. The Morgan fingerprint density at radius 1 is 1.07 bits per heavy atom. The molecule has 2 heterocycles. The number of carbonyl (C=O) groups is 1. The molecule has 0 bridgehead atoms. The summed E-state index contributed by atoms with van der Waals surface area (Å²) in [4.78, 5) is 21.1. The van der Waals surface area contributed by atoms with Gasteiger partial charge in [0.05, 0.1) is 0 Å². The van der Waals surface area contributed by atoms with Gasteiger partial charge in [-0.3, -0.25) is 4.99 Å². The van der Waals surface area contributed by atoms with Crippen molar-refractivity contribution in [2.45, 2.75) is 51.5 Å². The molecular weight excluding hydrogens is 350 g/mol. The lowest BCUT2D eigenvalue weighted by Gasteiger charge is -2.26. The number of nitrogens with one attached hydrogen (secondary N) is 2. The Morgan fingerprint density at radius 2 is 1.86 bits per heavy atom. The summed E-state index contributed by atoms with van der Waals surface area (Å²) in [5, 5.41) is 6.55. The minimum atomic E-state index is 0.0114. The number of hydrogen-bond donors (Lipinski definition) is 2. The molecule has 152 valence electrons. The van der Waals surface area contributed by atoms with Crippen LogP contribution in [0.15, 0.2) is 29.3 Å². The van der Waals surface area contributed by atoms with Gasteiger partial charge in [0, 0.05) is 45.5 Å². The minimum absolute atomic E-state index is 0.0114. The summed E-state index contributed by atoms with van der Waals surface area (Å²) in [6.45, 7) is 4.68. The molecule has 3 aliphatic rings. The maximum Gasteiger partial charge on any atom is 0.321 e. The zero-order valence-electron chi connectivity index (χ0n) is 17.0. The van der Waals surface area contributed by atoms with Crippen molar-refractivity contribution in [2.75, 3.05) is 38.5 Å². The average molecular weight is 384 g/mol. The van der Waals surface area contributed by atoms with Gasteiger partial charge in [0.15, 0.2) is 5.96 Å². The maximum absolute atomic E-state index is 12.3. The lowest BCUT2D eigenvalue weighted by atomic mass is 9.86. The molecule has 0 aromatic heterocycles. The van der Waals surface area contributed by atoms with E-state index in [1.165, 1.54) is 32.1 Å². The van der Waals surface area contributed by atoms with Gasteiger partial charge in [-0.25, -0.2) is 4.79 Å². The second kappa shape index (κ2) is 8.41. The first-order chi connectivity index (χ1) is 13.7. The van der Waals surface area contributed by atoms with Crippen LogP contribution in [0.4, 0.5) is 10.5 Å². The van der Waals surface area contributed by atoms with E-state index in [0.29, 0.717) is 12.0 Å². The van der Waals surface area contributed by atoms with E-state index in [4.69, 9.17) is 0 Å². The lowest BCUT2D eigenvalue weighted by Crippen LogP contribution is -2.40. The van der Waals surface area contributed by atoms with E-state index in [2.05, 4.69) is 32.7 Å². The van der Waals surface area contributed by atoms with Crippen LogP contribution in [0, 0.1) is 5.41 Å². The van der Waals surface area contributed by atoms with E-state index in [0.717, 1.165) is 56.2 Å². The first-order valence-electron chi connectivity index (χ1n) is 10.8. The molecule has 4 rings (SSSR count). The number of anilines is 1. The van der Waals surface area contributed by atoms with Gasteiger partial charge < -0.3 is 20.4 Å². The van der Waals surface area contributed by atoms with E-state index < -0.39 is 0 Å². The highest BCUT2D eigenvalue weighted by Crippen LogP contribution is 2.45. The average Bonchev–Trinajstić information content (AvgIpc) is 3.46. The molecule has 2 saturated heterocycles. The Bertz CT molecular complexity index is 719. The molecule has 2 N–H and O–H groups in total. The first-order valence-corrected chi connectivity index (χ1v) is 10.8. The Hall–Kier alpha value is -2.24. The number of hydrogen-bond acceptors (Lipinski definition) is 2. The SMILES string of the molecule is CN=C(NCc1cccc(NC(=O)N2CCCC2)c1)N1CCC2(CCCC2)C1. The van der Waals surface area contributed by atoms with Gasteiger partial charge in [-0.15, -0.1) is 0 Å². The molecule has 2 amide bonds. The fraction of sp³-hybridized carbons (Fsp3) is 0.636. The van der Waals surface area contributed by atoms with Crippen LogP contribution < -0.4 is 10.6 Å². The second-order valence-corrected chi connectivity index (χ2v) is 8.60. The van der Waals surface area contributed by atoms with Crippen LogP contribution in [-0.2, 0) is 6.54 Å². The third-order valence-corrected chi connectivity index (χ3v) is 6.64. The summed E-state index contributed by atoms with van der Waals surface area (Å²) in [5.41, 5.74) is 2.55. The Labute approximate surface area is 168 Å². The van der Waals surface area contributed by atoms with Gasteiger partial charge >= 0.3 is 6.03 Å². The molecule has 1 aliphatic carbocycles. The van der Waals surface area contributed by atoms with E-state index in [-0.39, 0.29) is 6.03 Å². The molecule has 6 nitrogen and oxygen atoms in total. The molecule has 1 aromatic carbocycles. The highest BCUT2D eigenvalue weighted by molar-refractivity contribution is 5.89.